The number of hydrogen-bond donors (Lipinski definition) is 1. The second-order valence-corrected chi connectivity index (χ2v) is 5.00. The van der Waals surface area contributed by atoms with E-state index in [1.54, 1.807) is 14.2 Å². The van der Waals surface area contributed by atoms with E-state index in [1.165, 1.54) is 4.58 Å². The lowest BCUT2D eigenvalue weighted by molar-refractivity contribution is -0.413. The molecule has 0 aliphatic heterocycles. The molecular formula is C18H21N2O3+. The Morgan fingerprint density at radius 3 is 2.43 bits per heavy atom. The topological polar surface area (TPSA) is 50.6 Å². The van der Waals surface area contributed by atoms with Crippen molar-refractivity contribution in [1.29, 1.82) is 0 Å². The molecule has 2 rings (SSSR count). The molecule has 2 aromatic rings. The maximum Gasteiger partial charge on any atom is 0.495 e. The van der Waals surface area contributed by atoms with E-state index >= 15 is 0 Å². The summed E-state index contributed by atoms with van der Waals surface area (Å²) in [5.74, 6) is 1.36. The van der Waals surface area contributed by atoms with Crippen LogP contribution in [0.3, 0.4) is 0 Å². The van der Waals surface area contributed by atoms with Crippen molar-refractivity contribution >= 4 is 18.4 Å². The van der Waals surface area contributed by atoms with Gasteiger partial charge in [0.2, 0.25) is 0 Å². The van der Waals surface area contributed by atoms with Crippen LogP contribution in [0.2, 0.25) is 0 Å². The third-order valence-electron chi connectivity index (χ3n) is 3.43. The number of carbonyl (C=O) groups excluding carboxylic acids is 1. The molecule has 5 heteroatoms. The first kappa shape index (κ1) is 16.5. The van der Waals surface area contributed by atoms with Crippen molar-refractivity contribution in [1.82, 2.24) is 0 Å². The van der Waals surface area contributed by atoms with Crippen molar-refractivity contribution in [2.45, 2.75) is 6.42 Å². The van der Waals surface area contributed by atoms with Gasteiger partial charge < -0.3 is 9.47 Å². The average Bonchev–Trinajstić information content (AvgIpc) is 2.60. The van der Waals surface area contributed by atoms with Crippen molar-refractivity contribution < 1.29 is 18.8 Å². The maximum absolute atomic E-state index is 12.1. The second kappa shape index (κ2) is 7.98. The first-order chi connectivity index (χ1) is 11.1. The number of rotatable bonds is 6. The molecule has 0 aliphatic rings. The quantitative estimate of drug-likeness (QED) is 0.658. The Labute approximate surface area is 136 Å². The van der Waals surface area contributed by atoms with Crippen molar-refractivity contribution in [3.63, 3.8) is 0 Å². The standard InChI is InChI=1S/C18H20N2O3/c1-20(18(21)19-15-7-5-4-6-8-15)12-11-14-9-10-16(22-2)17(13-14)23-3/h4-10,13H,1,11-12H2,2-3H3/p+1. The minimum Gasteiger partial charge on any atom is -0.493 e. The van der Waals surface area contributed by atoms with E-state index in [-0.39, 0.29) is 6.03 Å². The molecule has 0 atom stereocenters. The molecule has 0 bridgehead atoms. The van der Waals surface area contributed by atoms with E-state index < -0.39 is 0 Å². The Hall–Kier alpha value is -2.82. The van der Waals surface area contributed by atoms with Crippen LogP contribution in [0.15, 0.2) is 48.5 Å². The highest BCUT2D eigenvalue weighted by atomic mass is 16.5. The Balaban J connectivity index is 1.92. The van der Waals surface area contributed by atoms with E-state index in [0.29, 0.717) is 24.5 Å². The van der Waals surface area contributed by atoms with E-state index in [2.05, 4.69) is 12.0 Å². The zero-order valence-electron chi connectivity index (χ0n) is 13.4. The van der Waals surface area contributed by atoms with Crippen molar-refractivity contribution in [2.24, 2.45) is 0 Å². The van der Waals surface area contributed by atoms with Crippen LogP contribution in [0.5, 0.6) is 11.5 Å². The SMILES string of the molecule is C=[N+](CCc1ccc(OC)c(OC)c1)C(=O)Nc1ccccc1. The van der Waals surface area contributed by atoms with Gasteiger partial charge in [0.15, 0.2) is 11.5 Å². The second-order valence-electron chi connectivity index (χ2n) is 5.00. The number of ether oxygens (including phenoxy) is 2. The van der Waals surface area contributed by atoms with Gasteiger partial charge in [-0.2, -0.15) is 4.79 Å². The zero-order chi connectivity index (χ0) is 16.7. The molecule has 2 aromatic carbocycles. The van der Waals surface area contributed by atoms with Gasteiger partial charge in [0.25, 0.3) is 0 Å². The van der Waals surface area contributed by atoms with Crippen molar-refractivity contribution in [3.05, 3.63) is 54.1 Å². The number of amides is 2. The summed E-state index contributed by atoms with van der Waals surface area (Å²) in [5.41, 5.74) is 1.79. The van der Waals surface area contributed by atoms with E-state index in [4.69, 9.17) is 9.47 Å². The van der Waals surface area contributed by atoms with Gasteiger partial charge in [0.05, 0.1) is 27.5 Å². The molecule has 0 saturated heterocycles. The lowest BCUT2D eigenvalue weighted by atomic mass is 10.1. The average molecular weight is 313 g/mol. The Morgan fingerprint density at radius 1 is 1.09 bits per heavy atom. The van der Waals surface area contributed by atoms with Crippen molar-refractivity contribution in [3.8, 4) is 11.5 Å². The predicted molar refractivity (Wildman–Crippen MR) is 91.0 cm³/mol. The number of anilines is 1. The van der Waals surface area contributed by atoms with E-state index in [9.17, 15) is 4.79 Å². The van der Waals surface area contributed by atoms with Crippen LogP contribution in [-0.2, 0) is 6.42 Å². The lowest BCUT2D eigenvalue weighted by Crippen LogP contribution is -2.26. The minimum atomic E-state index is -0.239. The summed E-state index contributed by atoms with van der Waals surface area (Å²) in [6.45, 7) is 4.29. The number of urea groups is 1. The molecule has 120 valence electrons. The number of methoxy groups -OCH3 is 2. The van der Waals surface area contributed by atoms with Crippen LogP contribution < -0.4 is 14.8 Å². The summed E-state index contributed by atoms with van der Waals surface area (Å²) in [6, 6.07) is 14.8. The smallest absolute Gasteiger partial charge is 0.493 e. The van der Waals surface area contributed by atoms with Gasteiger partial charge in [-0.3, -0.25) is 0 Å². The summed E-state index contributed by atoms with van der Waals surface area (Å²) >= 11 is 0. The maximum atomic E-state index is 12.1. The highest BCUT2D eigenvalue weighted by molar-refractivity contribution is 5.83. The van der Waals surface area contributed by atoms with Gasteiger partial charge in [-0.05, 0) is 29.8 Å². The summed E-state index contributed by atoms with van der Waals surface area (Å²) < 4.78 is 11.9. The summed E-state index contributed by atoms with van der Waals surface area (Å²) in [7, 11) is 3.20. The normalized spacial score (nSPS) is 10.0. The molecule has 2 amide bonds. The van der Waals surface area contributed by atoms with E-state index in [0.717, 1.165) is 11.3 Å². The Morgan fingerprint density at radius 2 is 1.78 bits per heavy atom. The molecule has 0 aliphatic carbocycles. The number of hydrogen-bond acceptors (Lipinski definition) is 3. The van der Waals surface area contributed by atoms with Crippen molar-refractivity contribution in [2.75, 3.05) is 26.1 Å². The molecule has 0 fully saturated rings. The molecule has 0 saturated carbocycles. The first-order valence-electron chi connectivity index (χ1n) is 7.29. The van der Waals surface area contributed by atoms with Crippen LogP contribution in [0.1, 0.15) is 5.56 Å². The molecule has 0 spiro atoms. The third-order valence-corrected chi connectivity index (χ3v) is 3.43. The van der Waals surface area contributed by atoms with E-state index in [1.807, 2.05) is 48.5 Å². The lowest BCUT2D eigenvalue weighted by Gasteiger charge is -2.09. The molecular weight excluding hydrogens is 292 g/mol. The fraction of sp³-hybridized carbons (Fsp3) is 0.222. The largest absolute Gasteiger partial charge is 0.495 e. The highest BCUT2D eigenvalue weighted by Crippen LogP contribution is 2.27. The molecule has 0 heterocycles. The minimum absolute atomic E-state index is 0.239. The zero-order valence-corrected chi connectivity index (χ0v) is 13.4. The highest BCUT2D eigenvalue weighted by Gasteiger charge is 2.14. The molecule has 23 heavy (non-hydrogen) atoms. The Kier molecular flexibility index (Phi) is 5.74. The van der Waals surface area contributed by atoms with Gasteiger partial charge in [0, 0.05) is 6.42 Å². The van der Waals surface area contributed by atoms with Crippen LogP contribution >= 0.6 is 0 Å². The van der Waals surface area contributed by atoms with Gasteiger partial charge in [-0.1, -0.05) is 24.3 Å². The van der Waals surface area contributed by atoms with Crippen LogP contribution in [0.4, 0.5) is 10.5 Å². The predicted octanol–water partition coefficient (Wildman–Crippen LogP) is 3.19. The Bertz CT molecular complexity index is 684. The van der Waals surface area contributed by atoms with Crippen LogP contribution in [-0.4, -0.2) is 38.1 Å². The fourth-order valence-corrected chi connectivity index (χ4v) is 2.13. The van der Waals surface area contributed by atoms with Gasteiger partial charge >= 0.3 is 6.03 Å². The summed E-state index contributed by atoms with van der Waals surface area (Å²) in [5, 5.41) is 2.80. The van der Waals surface area contributed by atoms with Crippen LogP contribution in [0.25, 0.3) is 0 Å². The molecule has 0 unspecified atom stereocenters. The molecule has 1 N–H and O–H groups in total. The number of nitrogens with zero attached hydrogens (tertiary/aromatic N) is 1. The number of benzene rings is 2. The summed E-state index contributed by atoms with van der Waals surface area (Å²) in [6.07, 6.45) is 0.673. The monoisotopic (exact) mass is 313 g/mol. The first-order valence-corrected chi connectivity index (χ1v) is 7.29. The third kappa shape index (κ3) is 4.57. The summed E-state index contributed by atoms with van der Waals surface area (Å²) in [4.78, 5) is 12.1. The number of nitrogens with one attached hydrogen (secondary N) is 1. The number of carbonyl (C=O) groups is 1. The molecule has 0 aromatic heterocycles. The fourth-order valence-electron chi connectivity index (χ4n) is 2.13. The van der Waals surface area contributed by atoms with Crippen LogP contribution in [0, 0.1) is 0 Å². The molecule has 0 radical (unpaired) electrons. The van der Waals surface area contributed by atoms with Gasteiger partial charge in [-0.25, -0.2) is 9.89 Å². The van der Waals surface area contributed by atoms with Gasteiger partial charge in [-0.15, -0.1) is 0 Å². The molecule has 5 nitrogen and oxygen atoms in total. The van der Waals surface area contributed by atoms with Gasteiger partial charge in [0.1, 0.15) is 5.69 Å². The number of para-hydroxylation sites is 1.